The Kier molecular flexibility index (Phi) is 4.01. The Hall–Kier alpha value is -1.36. The van der Waals surface area contributed by atoms with E-state index in [9.17, 15) is 4.79 Å². The Labute approximate surface area is 107 Å². The van der Waals surface area contributed by atoms with Gasteiger partial charge < -0.3 is 10.0 Å². The predicted octanol–water partition coefficient (Wildman–Crippen LogP) is 1.34. The van der Waals surface area contributed by atoms with Crippen molar-refractivity contribution in [2.45, 2.75) is 38.1 Å². The summed E-state index contributed by atoms with van der Waals surface area (Å²) < 4.78 is 2.04. The zero-order valence-corrected chi connectivity index (χ0v) is 11.1. The van der Waals surface area contributed by atoms with Crippen LogP contribution in [-0.2, 0) is 17.8 Å². The first-order chi connectivity index (χ1) is 8.58. The van der Waals surface area contributed by atoms with Crippen molar-refractivity contribution in [3.8, 4) is 0 Å². The van der Waals surface area contributed by atoms with Gasteiger partial charge in [0.25, 0.3) is 0 Å². The van der Waals surface area contributed by atoms with Gasteiger partial charge in [-0.3, -0.25) is 9.48 Å². The summed E-state index contributed by atoms with van der Waals surface area (Å²) in [4.78, 5) is 13.0. The molecule has 1 aliphatic rings. The molecule has 1 aromatic rings. The van der Waals surface area contributed by atoms with E-state index in [-0.39, 0.29) is 12.3 Å². The van der Waals surface area contributed by atoms with Gasteiger partial charge in [-0.2, -0.15) is 5.10 Å². The van der Waals surface area contributed by atoms with Crippen molar-refractivity contribution in [2.75, 3.05) is 20.6 Å². The summed E-state index contributed by atoms with van der Waals surface area (Å²) in [5.74, 6) is -0.562. The number of likely N-dealkylation sites (N-methyl/N-ethyl adjacent to an activating group) is 1. The third-order valence-corrected chi connectivity index (χ3v) is 3.57. The smallest absolute Gasteiger partial charge is 0.303 e. The minimum Gasteiger partial charge on any atom is -0.481 e. The number of fused-ring (bicyclic) bond motifs is 1. The number of nitrogens with zero attached hydrogens (tertiary/aromatic N) is 3. The second-order valence-electron chi connectivity index (χ2n) is 5.26. The van der Waals surface area contributed by atoms with E-state index < -0.39 is 5.97 Å². The quantitative estimate of drug-likeness (QED) is 0.858. The summed E-state index contributed by atoms with van der Waals surface area (Å²) in [5, 5.41) is 13.4. The van der Waals surface area contributed by atoms with Crippen LogP contribution in [0, 0.1) is 0 Å². The van der Waals surface area contributed by atoms with Crippen LogP contribution < -0.4 is 0 Å². The Bertz CT molecular complexity index is 426. The van der Waals surface area contributed by atoms with Crippen molar-refractivity contribution in [1.82, 2.24) is 14.7 Å². The fourth-order valence-electron chi connectivity index (χ4n) is 2.62. The average molecular weight is 251 g/mol. The van der Waals surface area contributed by atoms with Crippen LogP contribution in [0.4, 0.5) is 0 Å². The maximum Gasteiger partial charge on any atom is 0.303 e. The summed E-state index contributed by atoms with van der Waals surface area (Å²) in [7, 11) is 4.09. The molecule has 1 atom stereocenters. The van der Waals surface area contributed by atoms with Gasteiger partial charge >= 0.3 is 5.97 Å². The highest BCUT2D eigenvalue weighted by molar-refractivity contribution is 5.68. The van der Waals surface area contributed by atoms with Crippen LogP contribution in [0.25, 0.3) is 0 Å². The maximum atomic E-state index is 10.9. The molecule has 1 N–H and O–H groups in total. The number of carboxylic acid groups (broad SMARTS) is 1. The standard InChI is InChI=1S/C13H21N3O2/c1-15(2)6-7-16-12-5-3-4-10(8-13(17)18)11(12)9-14-16/h9-10H,3-8H2,1-2H3,(H,17,18). The highest BCUT2D eigenvalue weighted by Crippen LogP contribution is 2.33. The molecule has 0 aromatic carbocycles. The number of rotatable bonds is 5. The van der Waals surface area contributed by atoms with Crippen LogP contribution in [0.2, 0.25) is 0 Å². The summed E-state index contributed by atoms with van der Waals surface area (Å²) in [6.45, 7) is 1.83. The number of carbonyl (C=O) groups is 1. The summed E-state index contributed by atoms with van der Waals surface area (Å²) >= 11 is 0. The second kappa shape index (κ2) is 5.52. The predicted molar refractivity (Wildman–Crippen MR) is 68.7 cm³/mol. The fourth-order valence-corrected chi connectivity index (χ4v) is 2.62. The summed E-state index contributed by atoms with van der Waals surface area (Å²) in [5.41, 5.74) is 2.40. The van der Waals surface area contributed by atoms with E-state index in [4.69, 9.17) is 5.11 Å². The molecule has 1 unspecified atom stereocenters. The minimum absolute atomic E-state index is 0.152. The van der Waals surface area contributed by atoms with Crippen LogP contribution in [-0.4, -0.2) is 46.4 Å². The molecule has 0 fully saturated rings. The van der Waals surface area contributed by atoms with Gasteiger partial charge in [0, 0.05) is 12.2 Å². The van der Waals surface area contributed by atoms with E-state index >= 15 is 0 Å². The van der Waals surface area contributed by atoms with Gasteiger partial charge in [0.2, 0.25) is 0 Å². The topological polar surface area (TPSA) is 58.4 Å². The number of hydrogen-bond acceptors (Lipinski definition) is 3. The molecule has 1 aliphatic carbocycles. The van der Waals surface area contributed by atoms with Gasteiger partial charge in [0.05, 0.1) is 19.2 Å². The van der Waals surface area contributed by atoms with Crippen molar-refractivity contribution >= 4 is 5.97 Å². The van der Waals surface area contributed by atoms with Gasteiger partial charge in [0.15, 0.2) is 0 Å². The summed E-state index contributed by atoms with van der Waals surface area (Å²) in [6.07, 6.45) is 5.17. The van der Waals surface area contributed by atoms with Crippen molar-refractivity contribution < 1.29 is 9.90 Å². The molecule has 0 amide bonds. The molecule has 0 spiro atoms. The van der Waals surface area contributed by atoms with E-state index in [1.54, 1.807) is 0 Å². The van der Waals surface area contributed by atoms with E-state index in [1.165, 1.54) is 5.69 Å². The molecule has 0 aliphatic heterocycles. The summed E-state index contributed by atoms with van der Waals surface area (Å²) in [6, 6.07) is 0. The van der Waals surface area contributed by atoms with Crippen LogP contribution in [0.3, 0.4) is 0 Å². The number of hydrogen-bond donors (Lipinski definition) is 1. The van der Waals surface area contributed by atoms with E-state index in [0.717, 1.165) is 37.9 Å². The highest BCUT2D eigenvalue weighted by atomic mass is 16.4. The van der Waals surface area contributed by atoms with Gasteiger partial charge in [-0.1, -0.05) is 0 Å². The van der Waals surface area contributed by atoms with Crippen LogP contribution in [0.5, 0.6) is 0 Å². The van der Waals surface area contributed by atoms with Crippen LogP contribution >= 0.6 is 0 Å². The Morgan fingerprint density at radius 3 is 3.06 bits per heavy atom. The molecule has 100 valence electrons. The van der Waals surface area contributed by atoms with Gasteiger partial charge in [-0.15, -0.1) is 0 Å². The lowest BCUT2D eigenvalue weighted by Gasteiger charge is -2.22. The van der Waals surface area contributed by atoms with Gasteiger partial charge in [-0.25, -0.2) is 0 Å². The zero-order chi connectivity index (χ0) is 13.1. The molecule has 1 aromatic heterocycles. The Morgan fingerprint density at radius 1 is 1.61 bits per heavy atom. The molecule has 5 nitrogen and oxygen atoms in total. The van der Waals surface area contributed by atoms with Crippen molar-refractivity contribution in [1.29, 1.82) is 0 Å². The fraction of sp³-hybridized carbons (Fsp3) is 0.692. The largest absolute Gasteiger partial charge is 0.481 e. The lowest BCUT2D eigenvalue weighted by atomic mass is 9.85. The number of carboxylic acids is 1. The average Bonchev–Trinajstić information content (AvgIpc) is 2.70. The van der Waals surface area contributed by atoms with E-state index in [0.29, 0.717) is 0 Å². The minimum atomic E-state index is -0.714. The Balaban J connectivity index is 2.13. The molecule has 2 rings (SSSR count). The Morgan fingerprint density at radius 2 is 2.39 bits per heavy atom. The number of aliphatic carboxylic acids is 1. The first-order valence-electron chi connectivity index (χ1n) is 6.49. The monoisotopic (exact) mass is 251 g/mol. The molecule has 18 heavy (non-hydrogen) atoms. The molecule has 0 saturated carbocycles. The molecule has 0 radical (unpaired) electrons. The first kappa shape index (κ1) is 13.1. The van der Waals surface area contributed by atoms with Gasteiger partial charge in [0.1, 0.15) is 0 Å². The maximum absolute atomic E-state index is 10.9. The lowest BCUT2D eigenvalue weighted by Crippen LogP contribution is -2.21. The molecule has 0 bridgehead atoms. The molecule has 1 heterocycles. The molecule has 0 saturated heterocycles. The normalized spacial score (nSPS) is 18.9. The molecular weight excluding hydrogens is 230 g/mol. The van der Waals surface area contributed by atoms with E-state index in [2.05, 4.69) is 10.00 Å². The third kappa shape index (κ3) is 2.90. The SMILES string of the molecule is CN(C)CCn1ncc2c1CCCC2CC(=O)O. The van der Waals surface area contributed by atoms with Gasteiger partial charge in [-0.05, 0) is 44.8 Å². The zero-order valence-electron chi connectivity index (χ0n) is 11.1. The lowest BCUT2D eigenvalue weighted by molar-refractivity contribution is -0.137. The third-order valence-electron chi connectivity index (χ3n) is 3.57. The van der Waals surface area contributed by atoms with Crippen LogP contribution in [0.15, 0.2) is 6.20 Å². The van der Waals surface area contributed by atoms with E-state index in [1.807, 2.05) is 25.0 Å². The van der Waals surface area contributed by atoms with Crippen molar-refractivity contribution in [3.05, 3.63) is 17.5 Å². The second-order valence-corrected chi connectivity index (χ2v) is 5.26. The molecular formula is C13H21N3O2. The van der Waals surface area contributed by atoms with Crippen molar-refractivity contribution in [2.24, 2.45) is 0 Å². The van der Waals surface area contributed by atoms with Crippen LogP contribution in [0.1, 0.15) is 36.4 Å². The number of aromatic nitrogens is 2. The highest BCUT2D eigenvalue weighted by Gasteiger charge is 2.25. The first-order valence-corrected chi connectivity index (χ1v) is 6.49. The molecule has 5 heteroatoms. The van der Waals surface area contributed by atoms with Crippen molar-refractivity contribution in [3.63, 3.8) is 0 Å².